The largest absolute Gasteiger partial charge is 0.396 e. The Morgan fingerprint density at radius 1 is 1.38 bits per heavy atom. The van der Waals surface area contributed by atoms with E-state index in [1.54, 1.807) is 12.4 Å². The summed E-state index contributed by atoms with van der Waals surface area (Å²) in [5.74, 6) is -0.246. The van der Waals surface area contributed by atoms with Crippen LogP contribution in [0.2, 0.25) is 0 Å². The highest BCUT2D eigenvalue weighted by Gasteiger charge is 2.45. The number of nitrogens with two attached hydrogens (primary N) is 1. The molecule has 1 aliphatic heterocycles. The average Bonchev–Trinajstić information content (AvgIpc) is 2.87. The van der Waals surface area contributed by atoms with Gasteiger partial charge in [0.15, 0.2) is 5.82 Å². The second kappa shape index (κ2) is 5.34. The van der Waals surface area contributed by atoms with Gasteiger partial charge in [-0.2, -0.15) is 0 Å². The van der Waals surface area contributed by atoms with E-state index < -0.39 is 11.4 Å². The lowest BCUT2D eigenvalue weighted by Crippen LogP contribution is -2.46. The first-order chi connectivity index (χ1) is 10.1. The number of aliphatic hydroxyl groups excluding tert-OH is 1. The number of nitrogens with zero attached hydrogens (tertiary/aromatic N) is 4. The minimum atomic E-state index is -0.735. The summed E-state index contributed by atoms with van der Waals surface area (Å²) < 4.78 is 12.9. The Kier molecular flexibility index (Phi) is 3.52. The topological polar surface area (TPSA) is 88.2 Å². The molecule has 3 rings (SSSR count). The van der Waals surface area contributed by atoms with Crippen LogP contribution in [0.4, 0.5) is 10.3 Å². The van der Waals surface area contributed by atoms with Crippen LogP contribution in [-0.2, 0) is 5.54 Å². The number of anilines is 1. The first-order valence-electron chi connectivity index (χ1n) is 6.66. The van der Waals surface area contributed by atoms with Gasteiger partial charge in [0.1, 0.15) is 0 Å². The van der Waals surface area contributed by atoms with Gasteiger partial charge in [-0.05, 0) is 11.6 Å². The van der Waals surface area contributed by atoms with E-state index in [4.69, 9.17) is 5.73 Å². The lowest BCUT2D eigenvalue weighted by molar-refractivity contribution is 0.187. The van der Waals surface area contributed by atoms with Gasteiger partial charge in [0.05, 0.1) is 17.9 Å². The lowest BCUT2D eigenvalue weighted by atomic mass is 9.83. The summed E-state index contributed by atoms with van der Waals surface area (Å²) in [4.78, 5) is 13.9. The van der Waals surface area contributed by atoms with Crippen LogP contribution in [0.25, 0.3) is 0 Å². The van der Waals surface area contributed by atoms with Crippen LogP contribution in [0.15, 0.2) is 36.9 Å². The molecule has 7 heteroatoms. The molecule has 110 valence electrons. The molecule has 0 aromatic carbocycles. The second-order valence-corrected chi connectivity index (χ2v) is 5.24. The Balaban J connectivity index is 1.91. The van der Waals surface area contributed by atoms with E-state index >= 15 is 0 Å². The highest BCUT2D eigenvalue weighted by Crippen LogP contribution is 2.35. The molecule has 2 aromatic heterocycles. The third-order valence-electron chi connectivity index (χ3n) is 3.93. The fourth-order valence-corrected chi connectivity index (χ4v) is 2.75. The van der Waals surface area contributed by atoms with E-state index in [2.05, 4.69) is 15.0 Å². The van der Waals surface area contributed by atoms with Gasteiger partial charge < -0.3 is 15.7 Å². The fourth-order valence-electron chi connectivity index (χ4n) is 2.75. The van der Waals surface area contributed by atoms with Gasteiger partial charge in [-0.1, -0.05) is 6.07 Å². The fraction of sp³-hybridized carbons (Fsp3) is 0.357. The molecule has 0 saturated carbocycles. The van der Waals surface area contributed by atoms with Crippen LogP contribution in [0, 0.1) is 11.7 Å². The first-order valence-corrected chi connectivity index (χ1v) is 6.66. The Bertz CT molecular complexity index is 609. The molecular weight excluding hydrogens is 273 g/mol. The minimum absolute atomic E-state index is 0.0525. The predicted molar refractivity (Wildman–Crippen MR) is 74.9 cm³/mol. The summed E-state index contributed by atoms with van der Waals surface area (Å²) in [6, 6.07) is 3.71. The highest BCUT2D eigenvalue weighted by molar-refractivity contribution is 5.38. The van der Waals surface area contributed by atoms with Crippen molar-refractivity contribution in [1.82, 2.24) is 15.0 Å². The number of rotatable bonds is 3. The summed E-state index contributed by atoms with van der Waals surface area (Å²) in [6.07, 6.45) is 5.63. The molecule has 0 radical (unpaired) electrons. The Hall–Kier alpha value is -2.12. The maximum absolute atomic E-state index is 12.9. The van der Waals surface area contributed by atoms with E-state index in [9.17, 15) is 9.50 Å². The number of hydrogen-bond donors (Lipinski definition) is 2. The molecule has 2 atom stereocenters. The molecule has 6 nitrogen and oxygen atoms in total. The maximum atomic E-state index is 12.9. The van der Waals surface area contributed by atoms with Gasteiger partial charge >= 0.3 is 0 Å². The smallest absolute Gasteiger partial charge is 0.225 e. The van der Waals surface area contributed by atoms with E-state index in [-0.39, 0.29) is 12.5 Å². The van der Waals surface area contributed by atoms with Crippen molar-refractivity contribution >= 4 is 5.95 Å². The standard InChI is InChI=1S/C14H16FN5O/c15-12-5-18-13(19-6-12)20-7-11(8-21)14(16,9-20)10-2-1-3-17-4-10/h1-6,11,21H,7-9,16H2. The zero-order valence-corrected chi connectivity index (χ0v) is 11.4. The summed E-state index contributed by atoms with van der Waals surface area (Å²) in [5, 5.41) is 9.64. The van der Waals surface area contributed by atoms with Crippen molar-refractivity contribution < 1.29 is 9.50 Å². The normalized spacial score (nSPS) is 25.3. The highest BCUT2D eigenvalue weighted by atomic mass is 19.1. The van der Waals surface area contributed by atoms with Crippen molar-refractivity contribution in [3.8, 4) is 0 Å². The van der Waals surface area contributed by atoms with Gasteiger partial charge in [-0.15, -0.1) is 0 Å². The molecule has 0 bridgehead atoms. The summed E-state index contributed by atoms with van der Waals surface area (Å²) >= 11 is 0. The van der Waals surface area contributed by atoms with Crippen molar-refractivity contribution in [3.63, 3.8) is 0 Å². The number of halogens is 1. The molecule has 1 aliphatic rings. The van der Waals surface area contributed by atoms with Crippen LogP contribution in [0.5, 0.6) is 0 Å². The van der Waals surface area contributed by atoms with Crippen LogP contribution >= 0.6 is 0 Å². The molecule has 0 amide bonds. The van der Waals surface area contributed by atoms with Crippen LogP contribution in [0.1, 0.15) is 5.56 Å². The lowest BCUT2D eigenvalue weighted by Gasteiger charge is -2.29. The third-order valence-corrected chi connectivity index (χ3v) is 3.93. The van der Waals surface area contributed by atoms with Gasteiger partial charge in [-0.25, -0.2) is 14.4 Å². The Labute approximate surface area is 121 Å². The maximum Gasteiger partial charge on any atom is 0.225 e. The number of aromatic nitrogens is 3. The number of pyridine rings is 1. The average molecular weight is 289 g/mol. The zero-order chi connectivity index (χ0) is 14.9. The summed E-state index contributed by atoms with van der Waals surface area (Å²) in [6.45, 7) is 0.895. The van der Waals surface area contributed by atoms with Crippen molar-refractivity contribution in [2.45, 2.75) is 5.54 Å². The molecule has 1 fully saturated rings. The van der Waals surface area contributed by atoms with Gasteiger partial charge in [0, 0.05) is 38.0 Å². The van der Waals surface area contributed by atoms with Crippen LogP contribution in [0.3, 0.4) is 0 Å². The quantitative estimate of drug-likeness (QED) is 0.844. The monoisotopic (exact) mass is 289 g/mol. The van der Waals surface area contributed by atoms with E-state index in [1.165, 1.54) is 0 Å². The predicted octanol–water partition coefficient (Wildman–Crippen LogP) is 0.293. The second-order valence-electron chi connectivity index (χ2n) is 5.24. The van der Waals surface area contributed by atoms with Gasteiger partial charge in [0.25, 0.3) is 0 Å². The number of aliphatic hydroxyl groups is 1. The van der Waals surface area contributed by atoms with E-state index in [0.29, 0.717) is 19.0 Å². The van der Waals surface area contributed by atoms with E-state index in [1.807, 2.05) is 17.0 Å². The first kappa shape index (κ1) is 13.8. The molecule has 1 saturated heterocycles. The molecule has 3 heterocycles. The third kappa shape index (κ3) is 2.45. The van der Waals surface area contributed by atoms with Crippen molar-refractivity contribution in [2.24, 2.45) is 11.7 Å². The number of hydrogen-bond acceptors (Lipinski definition) is 6. The zero-order valence-electron chi connectivity index (χ0n) is 11.4. The van der Waals surface area contributed by atoms with Crippen molar-refractivity contribution in [2.75, 3.05) is 24.6 Å². The molecule has 21 heavy (non-hydrogen) atoms. The Morgan fingerprint density at radius 2 is 2.14 bits per heavy atom. The minimum Gasteiger partial charge on any atom is -0.396 e. The van der Waals surface area contributed by atoms with Gasteiger partial charge in [-0.3, -0.25) is 4.98 Å². The summed E-state index contributed by atoms with van der Waals surface area (Å²) in [5.41, 5.74) is 6.64. The molecule has 2 aromatic rings. The molecule has 0 spiro atoms. The molecule has 3 N–H and O–H groups in total. The molecular formula is C14H16FN5O. The van der Waals surface area contributed by atoms with Gasteiger partial charge in [0.2, 0.25) is 5.95 Å². The van der Waals surface area contributed by atoms with E-state index in [0.717, 1.165) is 18.0 Å². The van der Waals surface area contributed by atoms with Crippen LogP contribution in [-0.4, -0.2) is 39.8 Å². The SMILES string of the molecule is NC1(c2cccnc2)CN(c2ncc(F)cn2)CC1CO. The summed E-state index contributed by atoms with van der Waals surface area (Å²) in [7, 11) is 0. The van der Waals surface area contributed by atoms with Crippen LogP contribution < -0.4 is 10.6 Å². The molecule has 2 unspecified atom stereocenters. The van der Waals surface area contributed by atoms with Crippen molar-refractivity contribution in [3.05, 3.63) is 48.3 Å². The molecule has 0 aliphatic carbocycles. The van der Waals surface area contributed by atoms with Crippen molar-refractivity contribution in [1.29, 1.82) is 0 Å². The Morgan fingerprint density at radius 3 is 2.76 bits per heavy atom.